The predicted molar refractivity (Wildman–Crippen MR) is 108 cm³/mol. The van der Waals surface area contributed by atoms with Gasteiger partial charge in [-0.2, -0.15) is 0 Å². The first-order chi connectivity index (χ1) is 13.9. The van der Waals surface area contributed by atoms with Gasteiger partial charge < -0.3 is 0 Å². The monoisotopic (exact) mass is 411 g/mol. The van der Waals surface area contributed by atoms with Gasteiger partial charge in [0.1, 0.15) is 0 Å². The summed E-state index contributed by atoms with van der Waals surface area (Å²) in [6.45, 7) is 1.86. The molecule has 9 heteroatoms. The molecule has 2 amide bonds. The summed E-state index contributed by atoms with van der Waals surface area (Å²) in [5.74, 6) is 5.62. The van der Waals surface area contributed by atoms with Gasteiger partial charge in [0, 0.05) is 37.5 Å². The molecule has 2 aromatic heterocycles. The van der Waals surface area contributed by atoms with E-state index in [1.54, 1.807) is 16.2 Å². The minimum atomic E-state index is -0.371. The number of fused-ring (bicyclic) bond motifs is 1. The molecule has 3 aromatic rings. The molecule has 0 radical (unpaired) electrons. The van der Waals surface area contributed by atoms with Gasteiger partial charge in [-0.25, -0.2) is 14.8 Å². The topological polar surface area (TPSA) is 98.9 Å². The summed E-state index contributed by atoms with van der Waals surface area (Å²) in [7, 11) is 1.69. The Morgan fingerprint density at radius 2 is 1.93 bits per heavy atom. The summed E-state index contributed by atoms with van der Waals surface area (Å²) < 4.78 is 3.20. The quantitative estimate of drug-likeness (QED) is 0.392. The minimum absolute atomic E-state index is 0.148. The molecule has 0 aliphatic carbocycles. The van der Waals surface area contributed by atoms with Crippen LogP contribution >= 0.6 is 11.6 Å². The third-order valence-corrected chi connectivity index (χ3v) is 4.71. The zero-order valence-corrected chi connectivity index (χ0v) is 16.6. The number of rotatable bonds is 5. The Kier molecular flexibility index (Phi) is 6.10. The molecule has 148 valence electrons. The molecule has 0 saturated heterocycles. The highest BCUT2D eigenvalue weighted by molar-refractivity contribution is 6.28. The van der Waals surface area contributed by atoms with Crippen LogP contribution in [0.5, 0.6) is 0 Å². The van der Waals surface area contributed by atoms with E-state index in [0.717, 1.165) is 16.6 Å². The fourth-order valence-corrected chi connectivity index (χ4v) is 3.09. The Balaban J connectivity index is 1.90. The van der Waals surface area contributed by atoms with E-state index in [9.17, 15) is 14.4 Å². The van der Waals surface area contributed by atoms with Crippen LogP contribution < -0.4 is 11.0 Å². The van der Waals surface area contributed by atoms with Crippen molar-refractivity contribution >= 4 is 35.0 Å². The molecular weight excluding hydrogens is 394 g/mol. The average Bonchev–Trinajstić information content (AvgIpc) is 2.96. The predicted octanol–water partition coefficient (Wildman–Crippen LogP) is 1.80. The number of halogens is 1. The van der Waals surface area contributed by atoms with Gasteiger partial charge in [0.2, 0.25) is 17.6 Å². The standard InChI is InChI=1S/C20H18ClN5O3/c1-13(3-8-18(28)24-12-27)26-16-7-6-14(9-17(16)25(2)20(26)29)4-5-15-10-22-19(21)23-11-15/h6-7,9-13H,3,8H2,1-2H3,(H,24,27,28). The van der Waals surface area contributed by atoms with Crippen LogP contribution in [0, 0.1) is 11.8 Å². The van der Waals surface area contributed by atoms with Crippen molar-refractivity contribution in [3.8, 4) is 11.8 Å². The zero-order valence-electron chi connectivity index (χ0n) is 15.8. The number of aromatic nitrogens is 4. The van der Waals surface area contributed by atoms with Gasteiger partial charge >= 0.3 is 5.69 Å². The van der Waals surface area contributed by atoms with Gasteiger partial charge in [0.05, 0.1) is 16.6 Å². The molecule has 1 atom stereocenters. The SMILES string of the molecule is CC(CCC(=O)NC=O)n1c(=O)n(C)c2cc(C#Cc3cnc(Cl)nc3)ccc21. The van der Waals surface area contributed by atoms with Crippen LogP contribution in [0.3, 0.4) is 0 Å². The highest BCUT2D eigenvalue weighted by Crippen LogP contribution is 2.21. The Morgan fingerprint density at radius 1 is 1.24 bits per heavy atom. The molecule has 2 heterocycles. The molecule has 8 nitrogen and oxygen atoms in total. The number of carbonyl (C=O) groups is 2. The lowest BCUT2D eigenvalue weighted by molar-refractivity contribution is -0.125. The van der Waals surface area contributed by atoms with Crippen molar-refractivity contribution in [3.63, 3.8) is 0 Å². The molecule has 0 fully saturated rings. The number of aryl methyl sites for hydroxylation is 1. The molecule has 29 heavy (non-hydrogen) atoms. The smallest absolute Gasteiger partial charge is 0.299 e. The van der Waals surface area contributed by atoms with E-state index >= 15 is 0 Å². The molecule has 0 aliphatic heterocycles. The first-order valence-electron chi connectivity index (χ1n) is 8.84. The number of hydrogen-bond donors (Lipinski definition) is 1. The molecule has 0 bridgehead atoms. The second-order valence-corrected chi connectivity index (χ2v) is 6.82. The fraction of sp³-hybridized carbons (Fsp3) is 0.250. The maximum atomic E-state index is 12.7. The number of hydrogen-bond acceptors (Lipinski definition) is 5. The van der Waals surface area contributed by atoms with Crippen molar-refractivity contribution < 1.29 is 9.59 Å². The number of carbonyl (C=O) groups excluding carboxylic acids is 2. The van der Waals surface area contributed by atoms with Crippen molar-refractivity contribution in [1.29, 1.82) is 0 Å². The molecular formula is C20H18ClN5O3. The highest BCUT2D eigenvalue weighted by Gasteiger charge is 2.17. The second-order valence-electron chi connectivity index (χ2n) is 6.48. The first-order valence-corrected chi connectivity index (χ1v) is 9.22. The highest BCUT2D eigenvalue weighted by atomic mass is 35.5. The van der Waals surface area contributed by atoms with Crippen LogP contribution in [-0.2, 0) is 16.6 Å². The molecule has 3 rings (SSSR count). The van der Waals surface area contributed by atoms with Crippen LogP contribution in [0.4, 0.5) is 0 Å². The lowest BCUT2D eigenvalue weighted by Crippen LogP contribution is -2.26. The van der Waals surface area contributed by atoms with Crippen LogP contribution in [-0.4, -0.2) is 31.4 Å². The molecule has 0 spiro atoms. The van der Waals surface area contributed by atoms with Gasteiger partial charge in [-0.15, -0.1) is 0 Å². The lowest BCUT2D eigenvalue weighted by atomic mass is 10.1. The van der Waals surface area contributed by atoms with Crippen molar-refractivity contribution in [1.82, 2.24) is 24.4 Å². The number of nitrogens with one attached hydrogen (secondary N) is 1. The summed E-state index contributed by atoms with van der Waals surface area (Å²) in [6, 6.07) is 5.28. The fourth-order valence-electron chi connectivity index (χ4n) is 3.00. The molecule has 0 aliphatic rings. The van der Waals surface area contributed by atoms with Crippen LogP contribution in [0.25, 0.3) is 11.0 Å². The van der Waals surface area contributed by atoms with E-state index in [-0.39, 0.29) is 29.3 Å². The Hall–Kier alpha value is -3.44. The van der Waals surface area contributed by atoms with E-state index in [4.69, 9.17) is 11.6 Å². The molecule has 1 N–H and O–H groups in total. The average molecular weight is 412 g/mol. The number of imidazole rings is 1. The first kappa shape index (κ1) is 20.3. The third-order valence-electron chi connectivity index (χ3n) is 4.51. The van der Waals surface area contributed by atoms with Crippen LogP contribution in [0.1, 0.15) is 36.9 Å². The van der Waals surface area contributed by atoms with E-state index < -0.39 is 0 Å². The van der Waals surface area contributed by atoms with Gasteiger partial charge in [-0.1, -0.05) is 11.8 Å². The maximum Gasteiger partial charge on any atom is 0.329 e. The molecule has 0 saturated carbocycles. The van der Waals surface area contributed by atoms with Gasteiger partial charge in [0.15, 0.2) is 0 Å². The second kappa shape index (κ2) is 8.71. The number of nitrogens with zero attached hydrogens (tertiary/aromatic N) is 4. The largest absolute Gasteiger partial charge is 0.329 e. The Morgan fingerprint density at radius 3 is 2.62 bits per heavy atom. The van der Waals surface area contributed by atoms with E-state index in [0.29, 0.717) is 18.4 Å². The Bertz CT molecular complexity index is 1190. The van der Waals surface area contributed by atoms with Crippen molar-refractivity contribution in [2.75, 3.05) is 0 Å². The summed E-state index contributed by atoms with van der Waals surface area (Å²) >= 11 is 5.67. The van der Waals surface area contributed by atoms with Gasteiger partial charge in [-0.05, 0) is 43.1 Å². The zero-order chi connectivity index (χ0) is 21.0. The van der Waals surface area contributed by atoms with Gasteiger partial charge in [0.25, 0.3) is 0 Å². The number of benzene rings is 1. The third kappa shape index (κ3) is 4.52. The summed E-state index contributed by atoms with van der Waals surface area (Å²) in [6.07, 6.45) is 4.01. The molecule has 1 unspecified atom stereocenters. The number of imide groups is 1. The van der Waals surface area contributed by atoms with Crippen molar-refractivity contribution in [2.45, 2.75) is 25.8 Å². The van der Waals surface area contributed by atoms with Gasteiger partial charge in [-0.3, -0.25) is 24.0 Å². The van der Waals surface area contributed by atoms with Crippen LogP contribution in [0.15, 0.2) is 35.4 Å². The van der Waals surface area contributed by atoms with Crippen LogP contribution in [0.2, 0.25) is 5.28 Å². The molecule has 1 aromatic carbocycles. The van der Waals surface area contributed by atoms with E-state index in [1.165, 1.54) is 12.4 Å². The summed E-state index contributed by atoms with van der Waals surface area (Å²) in [4.78, 5) is 42.4. The normalized spacial score (nSPS) is 11.6. The van der Waals surface area contributed by atoms with E-state index in [1.807, 2.05) is 25.1 Å². The summed E-state index contributed by atoms with van der Waals surface area (Å²) in [5, 5.41) is 2.26. The van der Waals surface area contributed by atoms with Crippen molar-refractivity contribution in [3.05, 3.63) is 57.5 Å². The maximum absolute atomic E-state index is 12.7. The number of amides is 2. The van der Waals surface area contributed by atoms with Crippen molar-refractivity contribution in [2.24, 2.45) is 7.05 Å². The van der Waals surface area contributed by atoms with E-state index in [2.05, 4.69) is 27.1 Å². The lowest BCUT2D eigenvalue weighted by Gasteiger charge is -2.12. The minimum Gasteiger partial charge on any atom is -0.299 e. The Labute approximate surface area is 171 Å². The summed E-state index contributed by atoms with van der Waals surface area (Å²) in [5.41, 5.74) is 2.67.